The molecule has 0 unspecified atom stereocenters. The lowest BCUT2D eigenvalue weighted by molar-refractivity contribution is 0.392. The Morgan fingerprint density at radius 2 is 1.50 bits per heavy atom. The third kappa shape index (κ3) is 3.21. The molecule has 0 aromatic heterocycles. The quantitative estimate of drug-likeness (QED) is 0.622. The lowest BCUT2D eigenvalue weighted by Gasteiger charge is -2.10. The molecule has 2 rings (SSSR count). The minimum Gasteiger partial charge on any atom is -0.497 e. The molecule has 0 saturated heterocycles. The SMILES string of the molecule is COc1ccc(/C(C#N)=C/c2c(OC)cccc2OC)cc1. The van der Waals surface area contributed by atoms with E-state index in [4.69, 9.17) is 14.2 Å². The van der Waals surface area contributed by atoms with Crippen molar-refractivity contribution in [2.75, 3.05) is 21.3 Å². The highest BCUT2D eigenvalue weighted by molar-refractivity contribution is 5.92. The Balaban J connectivity index is 2.51. The van der Waals surface area contributed by atoms with E-state index in [1.807, 2.05) is 42.5 Å². The minimum atomic E-state index is 0.519. The van der Waals surface area contributed by atoms with Crippen LogP contribution in [0.1, 0.15) is 11.1 Å². The third-order valence-electron chi connectivity index (χ3n) is 3.28. The van der Waals surface area contributed by atoms with Gasteiger partial charge >= 0.3 is 0 Å². The summed E-state index contributed by atoms with van der Waals surface area (Å²) in [5.41, 5.74) is 2.06. The molecule has 22 heavy (non-hydrogen) atoms. The van der Waals surface area contributed by atoms with Crippen molar-refractivity contribution in [3.63, 3.8) is 0 Å². The zero-order valence-electron chi connectivity index (χ0n) is 12.8. The van der Waals surface area contributed by atoms with Crippen LogP contribution in [-0.4, -0.2) is 21.3 Å². The van der Waals surface area contributed by atoms with E-state index in [0.29, 0.717) is 17.1 Å². The van der Waals surface area contributed by atoms with E-state index >= 15 is 0 Å². The van der Waals surface area contributed by atoms with E-state index < -0.39 is 0 Å². The van der Waals surface area contributed by atoms with Crippen LogP contribution in [0.2, 0.25) is 0 Å². The van der Waals surface area contributed by atoms with Gasteiger partial charge < -0.3 is 14.2 Å². The Bertz CT molecular complexity index is 690. The first-order valence-corrected chi connectivity index (χ1v) is 6.70. The van der Waals surface area contributed by atoms with Gasteiger partial charge in [-0.15, -0.1) is 0 Å². The van der Waals surface area contributed by atoms with Gasteiger partial charge in [0.1, 0.15) is 17.2 Å². The van der Waals surface area contributed by atoms with Crippen molar-refractivity contribution in [2.24, 2.45) is 0 Å². The molecule has 0 heterocycles. The number of nitriles is 1. The molecular weight excluding hydrogens is 278 g/mol. The third-order valence-corrected chi connectivity index (χ3v) is 3.28. The number of hydrogen-bond donors (Lipinski definition) is 0. The summed E-state index contributed by atoms with van der Waals surface area (Å²) in [5, 5.41) is 9.46. The summed E-state index contributed by atoms with van der Waals surface area (Å²) >= 11 is 0. The first-order chi connectivity index (χ1) is 10.7. The molecule has 0 saturated carbocycles. The van der Waals surface area contributed by atoms with Gasteiger partial charge in [-0.05, 0) is 48.0 Å². The predicted molar refractivity (Wildman–Crippen MR) is 86.0 cm³/mol. The van der Waals surface area contributed by atoms with Crippen LogP contribution in [0.25, 0.3) is 11.6 Å². The van der Waals surface area contributed by atoms with Crippen molar-refractivity contribution in [2.45, 2.75) is 0 Å². The normalized spacial score (nSPS) is 10.7. The van der Waals surface area contributed by atoms with Crippen molar-refractivity contribution in [3.8, 4) is 23.3 Å². The van der Waals surface area contributed by atoms with Gasteiger partial charge in [-0.1, -0.05) is 6.07 Å². The standard InChI is InChI=1S/C18H17NO3/c1-20-15-9-7-13(8-10-15)14(12-19)11-16-17(21-2)5-4-6-18(16)22-3/h4-11H,1-3H3/b14-11+. The molecule has 0 spiro atoms. The van der Waals surface area contributed by atoms with E-state index in [9.17, 15) is 5.26 Å². The van der Waals surface area contributed by atoms with E-state index in [1.54, 1.807) is 27.4 Å². The summed E-state index contributed by atoms with van der Waals surface area (Å²) in [7, 11) is 4.78. The van der Waals surface area contributed by atoms with Crippen molar-refractivity contribution in [1.29, 1.82) is 5.26 Å². The van der Waals surface area contributed by atoms with Crippen LogP contribution >= 0.6 is 0 Å². The zero-order valence-corrected chi connectivity index (χ0v) is 12.8. The number of rotatable bonds is 5. The molecule has 4 nitrogen and oxygen atoms in total. The van der Waals surface area contributed by atoms with Crippen LogP contribution < -0.4 is 14.2 Å². The number of methoxy groups -OCH3 is 3. The largest absolute Gasteiger partial charge is 0.497 e. The number of ether oxygens (including phenoxy) is 3. The van der Waals surface area contributed by atoms with Gasteiger partial charge in [0, 0.05) is 0 Å². The second-order valence-corrected chi connectivity index (χ2v) is 4.47. The molecule has 0 radical (unpaired) electrons. The number of benzene rings is 2. The van der Waals surface area contributed by atoms with Crippen LogP contribution in [0, 0.1) is 11.3 Å². The Hall–Kier alpha value is -2.93. The molecule has 0 aliphatic rings. The minimum absolute atomic E-state index is 0.519. The van der Waals surface area contributed by atoms with Crippen molar-refractivity contribution < 1.29 is 14.2 Å². The molecule has 2 aromatic carbocycles. The zero-order chi connectivity index (χ0) is 15.9. The fourth-order valence-corrected chi connectivity index (χ4v) is 2.12. The Kier molecular flexibility index (Phi) is 5.05. The number of nitrogens with zero attached hydrogens (tertiary/aromatic N) is 1. The van der Waals surface area contributed by atoms with E-state index in [-0.39, 0.29) is 0 Å². The molecule has 112 valence electrons. The Labute approximate surface area is 130 Å². The topological polar surface area (TPSA) is 51.5 Å². The van der Waals surface area contributed by atoms with Crippen molar-refractivity contribution in [3.05, 3.63) is 53.6 Å². The highest BCUT2D eigenvalue weighted by atomic mass is 16.5. The number of allylic oxidation sites excluding steroid dienone is 1. The van der Waals surface area contributed by atoms with Crippen molar-refractivity contribution in [1.82, 2.24) is 0 Å². The number of hydrogen-bond acceptors (Lipinski definition) is 4. The summed E-state index contributed by atoms with van der Waals surface area (Å²) in [6.07, 6.45) is 1.76. The maximum atomic E-state index is 9.46. The Morgan fingerprint density at radius 3 is 1.95 bits per heavy atom. The summed E-state index contributed by atoms with van der Waals surface area (Å²) in [5.74, 6) is 2.05. The molecule has 0 amide bonds. The maximum Gasteiger partial charge on any atom is 0.129 e. The molecule has 2 aromatic rings. The predicted octanol–water partition coefficient (Wildman–Crippen LogP) is 3.78. The highest BCUT2D eigenvalue weighted by Gasteiger charge is 2.10. The van der Waals surface area contributed by atoms with Gasteiger partial charge in [-0.25, -0.2) is 0 Å². The van der Waals surface area contributed by atoms with Gasteiger partial charge in [-0.3, -0.25) is 0 Å². The van der Waals surface area contributed by atoms with Gasteiger partial charge in [0.25, 0.3) is 0 Å². The molecule has 0 bridgehead atoms. The molecule has 0 fully saturated rings. The average molecular weight is 295 g/mol. The van der Waals surface area contributed by atoms with E-state index in [2.05, 4.69) is 6.07 Å². The highest BCUT2D eigenvalue weighted by Crippen LogP contribution is 2.32. The van der Waals surface area contributed by atoms with Crippen LogP contribution in [0.3, 0.4) is 0 Å². The molecule has 4 heteroatoms. The second-order valence-electron chi connectivity index (χ2n) is 4.47. The Morgan fingerprint density at radius 1 is 0.909 bits per heavy atom. The molecule has 0 aliphatic carbocycles. The lowest BCUT2D eigenvalue weighted by Crippen LogP contribution is -1.93. The monoisotopic (exact) mass is 295 g/mol. The smallest absolute Gasteiger partial charge is 0.129 e. The fraction of sp³-hybridized carbons (Fsp3) is 0.167. The van der Waals surface area contributed by atoms with Gasteiger partial charge in [0.05, 0.1) is 38.5 Å². The fourth-order valence-electron chi connectivity index (χ4n) is 2.12. The summed E-state index contributed by atoms with van der Waals surface area (Å²) < 4.78 is 15.8. The second kappa shape index (κ2) is 7.19. The van der Waals surface area contributed by atoms with Crippen molar-refractivity contribution >= 4 is 11.6 Å². The molecule has 0 N–H and O–H groups in total. The first kappa shape index (κ1) is 15.5. The maximum absolute atomic E-state index is 9.46. The summed E-state index contributed by atoms with van der Waals surface area (Å²) in [6, 6.07) is 15.0. The van der Waals surface area contributed by atoms with Crippen LogP contribution in [-0.2, 0) is 0 Å². The molecule has 0 atom stereocenters. The van der Waals surface area contributed by atoms with E-state index in [1.165, 1.54) is 0 Å². The van der Waals surface area contributed by atoms with Crippen LogP contribution in [0.5, 0.6) is 17.2 Å². The average Bonchev–Trinajstić information content (AvgIpc) is 2.59. The van der Waals surface area contributed by atoms with Gasteiger partial charge in [-0.2, -0.15) is 5.26 Å². The van der Waals surface area contributed by atoms with Gasteiger partial charge in [0.15, 0.2) is 0 Å². The van der Waals surface area contributed by atoms with Crippen LogP contribution in [0.4, 0.5) is 0 Å². The van der Waals surface area contributed by atoms with Gasteiger partial charge in [0.2, 0.25) is 0 Å². The molecular formula is C18H17NO3. The first-order valence-electron chi connectivity index (χ1n) is 6.70. The lowest BCUT2D eigenvalue weighted by atomic mass is 10.0. The molecule has 0 aliphatic heterocycles. The van der Waals surface area contributed by atoms with E-state index in [0.717, 1.165) is 16.9 Å². The summed E-state index contributed by atoms with van der Waals surface area (Å²) in [4.78, 5) is 0. The summed E-state index contributed by atoms with van der Waals surface area (Å²) in [6.45, 7) is 0. The van der Waals surface area contributed by atoms with Crippen LogP contribution in [0.15, 0.2) is 42.5 Å².